The molecule has 0 aliphatic rings. The summed E-state index contributed by atoms with van der Waals surface area (Å²) >= 11 is 0. The third-order valence-corrected chi connectivity index (χ3v) is 2.52. The highest BCUT2D eigenvalue weighted by molar-refractivity contribution is 7.86. The maximum atomic E-state index is 11.0. The first-order chi connectivity index (χ1) is 8.70. The molecule has 0 atom stereocenters. The van der Waals surface area contributed by atoms with Gasteiger partial charge < -0.3 is 4.74 Å². The minimum Gasteiger partial charge on any atom is -0.427 e. The highest BCUT2D eigenvalue weighted by Crippen LogP contribution is 2.28. The van der Waals surface area contributed by atoms with Crippen LogP contribution in [0.5, 0.6) is 11.5 Å². The van der Waals surface area contributed by atoms with Gasteiger partial charge in [-0.05, 0) is 12.1 Å². The van der Waals surface area contributed by atoms with Gasteiger partial charge in [-0.1, -0.05) is 4.99 Å². The Hall–Kier alpha value is -2.40. The van der Waals surface area contributed by atoms with Crippen LogP contribution in [0.3, 0.4) is 0 Å². The van der Waals surface area contributed by atoms with E-state index in [4.69, 9.17) is 4.55 Å². The summed E-state index contributed by atoms with van der Waals surface area (Å²) in [7, 11) is -4.76. The molecule has 0 aliphatic carbocycles. The quantitative estimate of drug-likeness (QED) is 0.203. The Morgan fingerprint density at radius 1 is 1.42 bits per heavy atom. The van der Waals surface area contributed by atoms with Crippen LogP contribution in [-0.4, -0.2) is 24.0 Å². The lowest BCUT2D eigenvalue weighted by Gasteiger charge is -2.07. The number of carbonyl (C=O) groups excluding carboxylic acids is 1. The monoisotopic (exact) mass is 293 g/mol. The van der Waals surface area contributed by atoms with Gasteiger partial charge in [0.1, 0.15) is 10.6 Å². The molecular formula is C8H7NO9S. The number of rotatable bonds is 5. The van der Waals surface area contributed by atoms with Crippen LogP contribution in [0.15, 0.2) is 23.1 Å². The first kappa shape index (κ1) is 14.7. The second-order valence-electron chi connectivity index (χ2n) is 3.06. The Labute approximate surface area is 106 Å². The van der Waals surface area contributed by atoms with Gasteiger partial charge in [-0.3, -0.25) is 14.2 Å². The molecule has 1 rings (SSSR count). The number of ether oxygens (including phenoxy) is 1. The highest BCUT2D eigenvalue weighted by Gasteiger charge is 2.20. The van der Waals surface area contributed by atoms with Crippen LogP contribution >= 0.6 is 0 Å². The van der Waals surface area contributed by atoms with Crippen molar-refractivity contribution in [2.75, 3.05) is 0 Å². The van der Waals surface area contributed by atoms with Crippen molar-refractivity contribution in [1.82, 2.24) is 0 Å². The number of hydrogen-bond acceptors (Lipinski definition) is 8. The molecule has 10 nitrogen and oxygen atoms in total. The molecular weight excluding hydrogens is 286 g/mol. The Bertz CT molecular complexity index is 609. The van der Waals surface area contributed by atoms with Crippen LogP contribution in [0, 0.1) is 10.1 Å². The lowest BCUT2D eigenvalue weighted by molar-refractivity contribution is -0.833. The van der Waals surface area contributed by atoms with Gasteiger partial charge in [-0.25, -0.2) is 0 Å². The maximum absolute atomic E-state index is 11.0. The van der Waals surface area contributed by atoms with Gasteiger partial charge in [0.15, 0.2) is 5.75 Å². The zero-order valence-corrected chi connectivity index (χ0v) is 10.1. The summed E-state index contributed by atoms with van der Waals surface area (Å²) in [6.07, 6.45) is 0. The standard InChI is InChI=1S/C8H7NO9S/c1-5(10)16-6-2-3-7(17-18-9(11)12)8(4-6)19(13,14)15/h2-4H,1H3,(H,13,14,15). The SMILES string of the molecule is CC(=O)Oc1ccc(OO[N+](=O)[O-])c(S(=O)(=O)O)c1. The number of benzene rings is 1. The molecule has 0 aliphatic heterocycles. The molecule has 1 aromatic carbocycles. The van der Waals surface area contributed by atoms with E-state index in [2.05, 4.69) is 14.6 Å². The summed E-state index contributed by atoms with van der Waals surface area (Å²) < 4.78 is 35.6. The maximum Gasteiger partial charge on any atom is 0.331 e. The van der Waals surface area contributed by atoms with Gasteiger partial charge in [0.25, 0.3) is 10.1 Å². The zero-order chi connectivity index (χ0) is 14.6. The molecule has 0 saturated carbocycles. The van der Waals surface area contributed by atoms with Crippen molar-refractivity contribution in [2.45, 2.75) is 11.8 Å². The lowest BCUT2D eigenvalue weighted by atomic mass is 10.3. The van der Waals surface area contributed by atoms with E-state index in [0.717, 1.165) is 25.1 Å². The van der Waals surface area contributed by atoms with E-state index < -0.39 is 31.8 Å². The molecule has 0 heterocycles. The van der Waals surface area contributed by atoms with Crippen molar-refractivity contribution in [2.24, 2.45) is 0 Å². The second kappa shape index (κ2) is 5.49. The van der Waals surface area contributed by atoms with Crippen LogP contribution in [0.2, 0.25) is 0 Å². The molecule has 1 N–H and O–H groups in total. The summed E-state index contributed by atoms with van der Waals surface area (Å²) in [6, 6.07) is 2.75. The number of esters is 1. The summed E-state index contributed by atoms with van der Waals surface area (Å²) in [5.74, 6) is -1.57. The average Bonchev–Trinajstić information content (AvgIpc) is 2.25. The van der Waals surface area contributed by atoms with Crippen molar-refractivity contribution >= 4 is 16.1 Å². The van der Waals surface area contributed by atoms with Crippen molar-refractivity contribution in [3.63, 3.8) is 0 Å². The van der Waals surface area contributed by atoms with Gasteiger partial charge in [0.05, 0.1) is 0 Å². The van der Waals surface area contributed by atoms with Crippen molar-refractivity contribution < 1.29 is 37.5 Å². The smallest absolute Gasteiger partial charge is 0.331 e. The largest absolute Gasteiger partial charge is 0.427 e. The van der Waals surface area contributed by atoms with Crippen LogP contribution in [0.4, 0.5) is 0 Å². The Morgan fingerprint density at radius 2 is 2.05 bits per heavy atom. The minimum absolute atomic E-state index is 0.200. The summed E-state index contributed by atoms with van der Waals surface area (Å²) in [4.78, 5) is 27.4. The van der Waals surface area contributed by atoms with E-state index in [0.29, 0.717) is 0 Å². The third kappa shape index (κ3) is 4.40. The van der Waals surface area contributed by atoms with E-state index in [1.807, 2.05) is 0 Å². The van der Waals surface area contributed by atoms with Gasteiger partial charge in [-0.15, -0.1) is 10.1 Å². The molecule has 0 spiro atoms. The molecule has 0 fully saturated rings. The molecule has 0 saturated heterocycles. The molecule has 0 bridgehead atoms. The topological polar surface area (TPSA) is 142 Å². The molecule has 0 aromatic heterocycles. The molecule has 0 radical (unpaired) electrons. The molecule has 104 valence electrons. The highest BCUT2D eigenvalue weighted by atomic mass is 32.2. The molecule has 0 amide bonds. The Morgan fingerprint density at radius 3 is 2.53 bits per heavy atom. The van der Waals surface area contributed by atoms with Crippen LogP contribution < -0.4 is 9.62 Å². The summed E-state index contributed by atoms with van der Waals surface area (Å²) in [5, 5.41) is 8.60. The van der Waals surface area contributed by atoms with E-state index in [9.17, 15) is 23.3 Å². The normalized spacial score (nSPS) is 10.6. The fourth-order valence-electron chi connectivity index (χ4n) is 1.06. The van der Waals surface area contributed by atoms with Crippen LogP contribution in [0.25, 0.3) is 0 Å². The zero-order valence-electron chi connectivity index (χ0n) is 9.30. The summed E-state index contributed by atoms with van der Waals surface area (Å²) in [5.41, 5.74) is 0. The number of hydrogen-bond donors (Lipinski definition) is 1. The molecule has 19 heavy (non-hydrogen) atoms. The minimum atomic E-state index is -4.76. The van der Waals surface area contributed by atoms with Crippen LogP contribution in [0.1, 0.15) is 6.92 Å². The van der Waals surface area contributed by atoms with E-state index in [-0.39, 0.29) is 5.75 Å². The lowest BCUT2D eigenvalue weighted by Crippen LogP contribution is -2.09. The van der Waals surface area contributed by atoms with E-state index in [1.165, 1.54) is 0 Å². The van der Waals surface area contributed by atoms with Gasteiger partial charge in [0, 0.05) is 13.0 Å². The van der Waals surface area contributed by atoms with E-state index in [1.54, 1.807) is 0 Å². The van der Waals surface area contributed by atoms with Gasteiger partial charge in [-0.2, -0.15) is 8.42 Å². The van der Waals surface area contributed by atoms with Crippen molar-refractivity contribution in [1.29, 1.82) is 0 Å². The fourth-order valence-corrected chi connectivity index (χ4v) is 1.68. The third-order valence-electron chi connectivity index (χ3n) is 1.64. The number of nitrogens with zero attached hydrogens (tertiary/aromatic N) is 1. The van der Waals surface area contributed by atoms with Gasteiger partial charge in [0.2, 0.25) is 0 Å². The average molecular weight is 293 g/mol. The number of carbonyl (C=O) groups is 1. The predicted molar refractivity (Wildman–Crippen MR) is 56.3 cm³/mol. The van der Waals surface area contributed by atoms with E-state index >= 15 is 0 Å². The first-order valence-electron chi connectivity index (χ1n) is 4.49. The van der Waals surface area contributed by atoms with Crippen molar-refractivity contribution in [3.8, 4) is 11.5 Å². The Balaban J connectivity index is 3.17. The summed E-state index contributed by atoms with van der Waals surface area (Å²) in [6.45, 7) is 1.08. The fraction of sp³-hybridized carbons (Fsp3) is 0.125. The van der Waals surface area contributed by atoms with Gasteiger partial charge >= 0.3 is 11.1 Å². The Kier molecular flexibility index (Phi) is 4.24. The van der Waals surface area contributed by atoms with Crippen LogP contribution in [-0.2, 0) is 19.9 Å². The molecule has 11 heteroatoms. The molecule has 0 unspecified atom stereocenters. The predicted octanol–water partition coefficient (Wildman–Crippen LogP) is 0.361. The second-order valence-corrected chi connectivity index (χ2v) is 4.45. The van der Waals surface area contributed by atoms with Crippen molar-refractivity contribution in [3.05, 3.63) is 28.3 Å². The molecule has 1 aromatic rings. The first-order valence-corrected chi connectivity index (χ1v) is 5.93.